The van der Waals surface area contributed by atoms with Crippen molar-refractivity contribution in [3.8, 4) is 0 Å². The van der Waals surface area contributed by atoms with Crippen LogP contribution in [0, 0.1) is 6.92 Å². The molecule has 13 heavy (non-hydrogen) atoms. The molecule has 2 aromatic rings. The number of nitrogen functional groups attached to an aromatic ring is 2. The number of aromatic nitrogens is 4. The van der Waals surface area contributed by atoms with E-state index in [1.54, 1.807) is 10.9 Å². The molecule has 0 aromatic carbocycles. The summed E-state index contributed by atoms with van der Waals surface area (Å²) < 4.78 is 1.75. The predicted molar refractivity (Wildman–Crippen MR) is 49.5 cm³/mol. The largest absolute Gasteiger partial charge is 0.382 e. The van der Waals surface area contributed by atoms with Gasteiger partial charge in [-0.2, -0.15) is 9.97 Å². The number of nitrogens with zero attached hydrogens (tertiary/aromatic N) is 4. The third kappa shape index (κ3) is 1.07. The van der Waals surface area contributed by atoms with Crippen molar-refractivity contribution in [3.63, 3.8) is 0 Å². The van der Waals surface area contributed by atoms with E-state index < -0.39 is 0 Å². The molecule has 0 spiro atoms. The molecule has 0 fully saturated rings. The first-order valence-corrected chi connectivity index (χ1v) is 3.75. The van der Waals surface area contributed by atoms with Crippen LogP contribution < -0.4 is 11.5 Å². The second kappa shape index (κ2) is 2.58. The zero-order chi connectivity index (χ0) is 9.42. The Morgan fingerprint density at radius 1 is 1.38 bits per heavy atom. The zero-order valence-corrected chi connectivity index (χ0v) is 6.94. The van der Waals surface area contributed by atoms with Crippen molar-refractivity contribution >= 4 is 22.9 Å². The second-order valence-corrected chi connectivity index (χ2v) is 2.58. The third-order valence-electron chi connectivity index (χ3n) is 1.75. The first kappa shape index (κ1) is 7.78. The van der Waals surface area contributed by atoms with Gasteiger partial charge in [-0.3, -0.25) is 0 Å². The Balaban J connectivity index is 2.82. The minimum Gasteiger partial charge on any atom is -0.382 e. The standard InChI is InChI=1S/C7H9N6/c1-2-13-3-10-4-5(8)11-7(9)12-6(4)13/h3H,1-2H2,(H4,8,9,11,12). The SMILES string of the molecule is [CH2]Cn1cnc2c(N)nc(N)nc21. The first-order valence-electron chi connectivity index (χ1n) is 3.75. The lowest BCUT2D eigenvalue weighted by Gasteiger charge is -1.99. The molecule has 0 saturated carbocycles. The van der Waals surface area contributed by atoms with Crippen molar-refractivity contribution in [2.45, 2.75) is 6.54 Å². The monoisotopic (exact) mass is 177 g/mol. The Morgan fingerprint density at radius 3 is 2.85 bits per heavy atom. The number of fused-ring (bicyclic) bond motifs is 1. The van der Waals surface area contributed by atoms with Gasteiger partial charge in [0.15, 0.2) is 11.5 Å². The molecule has 0 unspecified atom stereocenters. The van der Waals surface area contributed by atoms with Crippen LogP contribution in [0.15, 0.2) is 6.33 Å². The van der Waals surface area contributed by atoms with Gasteiger partial charge in [0.05, 0.1) is 6.33 Å². The molecule has 4 N–H and O–H groups in total. The van der Waals surface area contributed by atoms with E-state index >= 15 is 0 Å². The van der Waals surface area contributed by atoms with Gasteiger partial charge < -0.3 is 16.0 Å². The molecule has 2 heterocycles. The van der Waals surface area contributed by atoms with Crippen LogP contribution in [0.2, 0.25) is 0 Å². The molecule has 0 aliphatic heterocycles. The number of hydrogen-bond acceptors (Lipinski definition) is 5. The van der Waals surface area contributed by atoms with Crippen LogP contribution in [0.3, 0.4) is 0 Å². The molecule has 1 radical (unpaired) electrons. The highest BCUT2D eigenvalue weighted by atomic mass is 15.2. The van der Waals surface area contributed by atoms with Crippen LogP contribution in [-0.4, -0.2) is 19.5 Å². The Bertz CT molecular complexity index is 445. The highest BCUT2D eigenvalue weighted by Crippen LogP contribution is 2.16. The van der Waals surface area contributed by atoms with Crippen molar-refractivity contribution in [2.24, 2.45) is 0 Å². The van der Waals surface area contributed by atoms with Crippen LogP contribution in [0.5, 0.6) is 0 Å². The van der Waals surface area contributed by atoms with Gasteiger partial charge in [-0.05, 0) is 6.92 Å². The summed E-state index contributed by atoms with van der Waals surface area (Å²) in [6, 6.07) is 0. The zero-order valence-electron chi connectivity index (χ0n) is 6.94. The Morgan fingerprint density at radius 2 is 2.15 bits per heavy atom. The average molecular weight is 177 g/mol. The highest BCUT2D eigenvalue weighted by Gasteiger charge is 2.08. The normalized spacial score (nSPS) is 10.8. The lowest BCUT2D eigenvalue weighted by Crippen LogP contribution is -2.02. The van der Waals surface area contributed by atoms with E-state index in [0.29, 0.717) is 23.5 Å². The number of anilines is 2. The van der Waals surface area contributed by atoms with Crippen LogP contribution in [0.25, 0.3) is 11.2 Å². The summed E-state index contributed by atoms with van der Waals surface area (Å²) in [5.41, 5.74) is 12.2. The molecule has 0 atom stereocenters. The Hall–Kier alpha value is -1.85. The molecule has 2 aromatic heterocycles. The van der Waals surface area contributed by atoms with Gasteiger partial charge in [0.25, 0.3) is 0 Å². The van der Waals surface area contributed by atoms with Crippen LogP contribution >= 0.6 is 0 Å². The number of imidazole rings is 1. The molecule has 6 heteroatoms. The number of rotatable bonds is 1. The van der Waals surface area contributed by atoms with E-state index in [0.717, 1.165) is 0 Å². The predicted octanol–water partition coefficient (Wildman–Crippen LogP) is -0.175. The van der Waals surface area contributed by atoms with Crippen molar-refractivity contribution in [2.75, 3.05) is 11.5 Å². The minimum absolute atomic E-state index is 0.153. The molecule has 6 nitrogen and oxygen atoms in total. The molecule has 0 aliphatic rings. The Labute approximate surface area is 74.6 Å². The molecule has 67 valence electrons. The lowest BCUT2D eigenvalue weighted by molar-refractivity contribution is 0.835. The van der Waals surface area contributed by atoms with E-state index in [-0.39, 0.29) is 5.95 Å². The van der Waals surface area contributed by atoms with Gasteiger partial charge in [-0.25, -0.2) is 4.98 Å². The van der Waals surface area contributed by atoms with Crippen molar-refractivity contribution < 1.29 is 0 Å². The second-order valence-electron chi connectivity index (χ2n) is 2.58. The Kier molecular flexibility index (Phi) is 1.54. The molecule has 0 amide bonds. The van der Waals surface area contributed by atoms with Crippen molar-refractivity contribution in [1.82, 2.24) is 19.5 Å². The van der Waals surface area contributed by atoms with Gasteiger partial charge in [0.2, 0.25) is 5.95 Å². The van der Waals surface area contributed by atoms with Crippen LogP contribution in [0.4, 0.5) is 11.8 Å². The molecule has 0 aliphatic carbocycles. The maximum absolute atomic E-state index is 5.60. The number of nitrogens with two attached hydrogens (primary N) is 2. The molecule has 2 rings (SSSR count). The maximum Gasteiger partial charge on any atom is 0.224 e. The molecule has 0 bridgehead atoms. The fourth-order valence-electron chi connectivity index (χ4n) is 1.15. The summed E-state index contributed by atoms with van der Waals surface area (Å²) in [4.78, 5) is 11.9. The fraction of sp³-hybridized carbons (Fsp3) is 0.143. The van der Waals surface area contributed by atoms with E-state index in [1.165, 1.54) is 0 Å². The first-order chi connectivity index (χ1) is 6.22. The van der Waals surface area contributed by atoms with E-state index in [4.69, 9.17) is 11.5 Å². The molecular weight excluding hydrogens is 168 g/mol. The minimum atomic E-state index is 0.153. The van der Waals surface area contributed by atoms with E-state index in [9.17, 15) is 0 Å². The fourth-order valence-corrected chi connectivity index (χ4v) is 1.15. The van der Waals surface area contributed by atoms with Crippen LogP contribution in [-0.2, 0) is 6.54 Å². The third-order valence-corrected chi connectivity index (χ3v) is 1.75. The summed E-state index contributed by atoms with van der Waals surface area (Å²) in [7, 11) is 0. The topological polar surface area (TPSA) is 95.6 Å². The van der Waals surface area contributed by atoms with Gasteiger partial charge in [0.1, 0.15) is 5.52 Å². The van der Waals surface area contributed by atoms with Gasteiger partial charge >= 0.3 is 0 Å². The maximum atomic E-state index is 5.60. The van der Waals surface area contributed by atoms with E-state index in [2.05, 4.69) is 21.9 Å². The smallest absolute Gasteiger partial charge is 0.224 e. The van der Waals surface area contributed by atoms with E-state index in [1.807, 2.05) is 0 Å². The number of hydrogen-bond donors (Lipinski definition) is 2. The summed E-state index contributed by atoms with van der Waals surface area (Å²) in [5.74, 6) is 0.454. The summed E-state index contributed by atoms with van der Waals surface area (Å²) >= 11 is 0. The summed E-state index contributed by atoms with van der Waals surface area (Å²) in [6.07, 6.45) is 1.61. The van der Waals surface area contributed by atoms with Crippen molar-refractivity contribution in [3.05, 3.63) is 13.3 Å². The van der Waals surface area contributed by atoms with Crippen molar-refractivity contribution in [1.29, 1.82) is 0 Å². The summed E-state index contributed by atoms with van der Waals surface area (Å²) in [6.45, 7) is 4.25. The van der Waals surface area contributed by atoms with Gasteiger partial charge in [-0.15, -0.1) is 0 Å². The quantitative estimate of drug-likeness (QED) is 0.630. The molecule has 0 saturated heterocycles. The average Bonchev–Trinajstić information content (AvgIpc) is 2.47. The highest BCUT2D eigenvalue weighted by molar-refractivity contribution is 5.82. The molecular formula is C7H9N6. The lowest BCUT2D eigenvalue weighted by atomic mass is 10.5. The summed E-state index contributed by atoms with van der Waals surface area (Å²) in [5, 5.41) is 0. The van der Waals surface area contributed by atoms with Gasteiger partial charge in [-0.1, -0.05) is 0 Å². The van der Waals surface area contributed by atoms with Gasteiger partial charge in [0, 0.05) is 6.54 Å². The van der Waals surface area contributed by atoms with Crippen LogP contribution in [0.1, 0.15) is 0 Å².